The van der Waals surface area contributed by atoms with Gasteiger partial charge in [-0.1, -0.05) is 157 Å². The Bertz CT molecular complexity index is 1170. The van der Waals surface area contributed by atoms with Crippen molar-refractivity contribution in [2.45, 2.75) is 187 Å². The van der Waals surface area contributed by atoms with E-state index in [1.807, 2.05) is 0 Å². The highest BCUT2D eigenvalue weighted by molar-refractivity contribution is 5.71. The van der Waals surface area contributed by atoms with Crippen molar-refractivity contribution in [3.63, 3.8) is 0 Å². The SMILES string of the molecule is CC/C=C\C/C=C\C/C=C\CCCC(=O)OC(COC(=O)CCC/C=C\C/C=C\C/C=C\C/C=C\CCCCC)COC(=O)CCCCCC/C=C\CCCC. The van der Waals surface area contributed by atoms with Crippen LogP contribution in [-0.4, -0.2) is 37.2 Å². The van der Waals surface area contributed by atoms with Crippen LogP contribution in [0.3, 0.4) is 0 Å². The molecule has 0 aromatic rings. The van der Waals surface area contributed by atoms with Gasteiger partial charge in [0.05, 0.1) is 0 Å². The first-order valence-corrected chi connectivity index (χ1v) is 22.2. The molecule has 0 radical (unpaired) electrons. The Balaban J connectivity index is 4.54. The average molecular weight is 777 g/mol. The summed E-state index contributed by atoms with van der Waals surface area (Å²) in [5, 5.41) is 0. The Kier molecular flexibility index (Phi) is 41.2. The lowest BCUT2D eigenvalue weighted by Crippen LogP contribution is -2.30. The van der Waals surface area contributed by atoms with E-state index >= 15 is 0 Å². The quantitative estimate of drug-likeness (QED) is 0.0269. The van der Waals surface area contributed by atoms with Crippen LogP contribution in [0.25, 0.3) is 0 Å². The van der Waals surface area contributed by atoms with Gasteiger partial charge in [-0.3, -0.25) is 14.4 Å². The van der Waals surface area contributed by atoms with Gasteiger partial charge < -0.3 is 14.2 Å². The third-order valence-corrected chi connectivity index (χ3v) is 8.79. The van der Waals surface area contributed by atoms with Crippen molar-refractivity contribution in [3.8, 4) is 0 Å². The third-order valence-electron chi connectivity index (χ3n) is 8.79. The fraction of sp³-hybridized carbons (Fsp3) is 0.620. The standard InChI is InChI=1S/C50H80O6/c1-4-7-10-13-16-19-22-23-24-25-26-27-29-31-34-37-40-43-49(52)55-46-47(45-54-48(51)42-39-36-33-30-21-18-15-12-9-6-3)56-50(53)44-41-38-35-32-28-20-17-14-11-8-5-2/h8,11,15-20,23-24,26-27,31-32,34-35,47H,4-7,9-10,12-14,21-22,25,28-30,33,36-46H2,1-3H3/b11-8-,18-15-,19-16-,20-17-,24-23-,27-26-,34-31-,35-32-. The number of rotatable bonds is 38. The maximum Gasteiger partial charge on any atom is 0.306 e. The summed E-state index contributed by atoms with van der Waals surface area (Å²) in [4.78, 5) is 37.6. The highest BCUT2D eigenvalue weighted by atomic mass is 16.6. The van der Waals surface area contributed by atoms with Crippen molar-refractivity contribution in [2.75, 3.05) is 13.2 Å². The van der Waals surface area contributed by atoms with Crippen molar-refractivity contribution in [2.24, 2.45) is 0 Å². The van der Waals surface area contributed by atoms with Gasteiger partial charge in [0.1, 0.15) is 13.2 Å². The zero-order chi connectivity index (χ0) is 40.8. The predicted octanol–water partition coefficient (Wildman–Crippen LogP) is 14.2. The van der Waals surface area contributed by atoms with Gasteiger partial charge in [-0.05, 0) is 103 Å². The zero-order valence-electron chi connectivity index (χ0n) is 35.9. The molecule has 0 amide bonds. The maximum atomic E-state index is 12.7. The summed E-state index contributed by atoms with van der Waals surface area (Å²) in [6, 6.07) is 0. The van der Waals surface area contributed by atoms with E-state index in [-0.39, 0.29) is 44.0 Å². The van der Waals surface area contributed by atoms with Crippen LogP contribution in [0, 0.1) is 0 Å². The first kappa shape index (κ1) is 52.3. The number of hydrogen-bond donors (Lipinski definition) is 0. The summed E-state index contributed by atoms with van der Waals surface area (Å²) in [5.74, 6) is -1.06. The minimum Gasteiger partial charge on any atom is -0.462 e. The lowest BCUT2D eigenvalue weighted by atomic mass is 10.1. The molecule has 0 saturated carbocycles. The molecule has 0 aliphatic rings. The number of esters is 3. The van der Waals surface area contributed by atoms with Crippen molar-refractivity contribution in [3.05, 3.63) is 97.2 Å². The van der Waals surface area contributed by atoms with Gasteiger partial charge in [-0.15, -0.1) is 0 Å². The molecule has 1 unspecified atom stereocenters. The lowest BCUT2D eigenvalue weighted by molar-refractivity contribution is -0.167. The van der Waals surface area contributed by atoms with E-state index in [9.17, 15) is 14.4 Å². The van der Waals surface area contributed by atoms with E-state index in [2.05, 4.69) is 118 Å². The summed E-state index contributed by atoms with van der Waals surface area (Å²) in [5.41, 5.74) is 0. The molecular formula is C50H80O6. The van der Waals surface area contributed by atoms with E-state index in [4.69, 9.17) is 14.2 Å². The van der Waals surface area contributed by atoms with Crippen LogP contribution in [0.2, 0.25) is 0 Å². The van der Waals surface area contributed by atoms with Crippen molar-refractivity contribution >= 4 is 17.9 Å². The summed E-state index contributed by atoms with van der Waals surface area (Å²) in [6.07, 6.45) is 56.9. The van der Waals surface area contributed by atoms with E-state index < -0.39 is 6.10 Å². The lowest BCUT2D eigenvalue weighted by Gasteiger charge is -2.18. The van der Waals surface area contributed by atoms with Gasteiger partial charge in [-0.25, -0.2) is 0 Å². The molecule has 0 rings (SSSR count). The number of carbonyl (C=O) groups excluding carboxylic acids is 3. The summed E-state index contributed by atoms with van der Waals surface area (Å²) in [7, 11) is 0. The Morgan fingerprint density at radius 3 is 1.21 bits per heavy atom. The second-order valence-electron chi connectivity index (χ2n) is 14.2. The number of ether oxygens (including phenoxy) is 3. The van der Waals surface area contributed by atoms with Gasteiger partial charge in [0.15, 0.2) is 6.10 Å². The number of unbranched alkanes of at least 4 members (excludes halogenated alkanes) is 11. The van der Waals surface area contributed by atoms with Crippen LogP contribution in [0.5, 0.6) is 0 Å². The molecule has 6 nitrogen and oxygen atoms in total. The topological polar surface area (TPSA) is 78.9 Å². The maximum absolute atomic E-state index is 12.7. The van der Waals surface area contributed by atoms with Gasteiger partial charge in [0.2, 0.25) is 0 Å². The Morgan fingerprint density at radius 1 is 0.375 bits per heavy atom. The zero-order valence-corrected chi connectivity index (χ0v) is 35.9. The molecule has 0 fully saturated rings. The van der Waals surface area contributed by atoms with E-state index in [0.717, 1.165) is 89.9 Å². The molecular weight excluding hydrogens is 697 g/mol. The van der Waals surface area contributed by atoms with Crippen molar-refractivity contribution < 1.29 is 28.6 Å². The number of carbonyl (C=O) groups is 3. The molecule has 0 N–H and O–H groups in total. The van der Waals surface area contributed by atoms with Crippen LogP contribution >= 0.6 is 0 Å². The molecule has 0 aromatic carbocycles. The van der Waals surface area contributed by atoms with Gasteiger partial charge >= 0.3 is 17.9 Å². The van der Waals surface area contributed by atoms with Gasteiger partial charge in [0, 0.05) is 19.3 Å². The molecule has 0 saturated heterocycles. The Morgan fingerprint density at radius 2 is 0.732 bits per heavy atom. The molecule has 6 heteroatoms. The predicted molar refractivity (Wildman–Crippen MR) is 237 cm³/mol. The fourth-order valence-corrected chi connectivity index (χ4v) is 5.44. The molecule has 1 atom stereocenters. The molecule has 0 spiro atoms. The molecule has 0 bridgehead atoms. The van der Waals surface area contributed by atoms with E-state index in [0.29, 0.717) is 19.3 Å². The fourth-order valence-electron chi connectivity index (χ4n) is 5.44. The monoisotopic (exact) mass is 777 g/mol. The first-order chi connectivity index (χ1) is 27.5. The van der Waals surface area contributed by atoms with Crippen LogP contribution in [-0.2, 0) is 28.6 Å². The highest BCUT2D eigenvalue weighted by Gasteiger charge is 2.19. The molecule has 0 aliphatic carbocycles. The third kappa shape index (κ3) is 41.5. The minimum absolute atomic E-state index is 0.123. The van der Waals surface area contributed by atoms with E-state index in [1.165, 1.54) is 38.5 Å². The van der Waals surface area contributed by atoms with Crippen LogP contribution in [0.4, 0.5) is 0 Å². The minimum atomic E-state index is -0.828. The normalized spacial score (nSPS) is 13.0. The Labute approximate surface area is 343 Å². The molecule has 56 heavy (non-hydrogen) atoms. The molecule has 316 valence electrons. The van der Waals surface area contributed by atoms with Gasteiger partial charge in [-0.2, -0.15) is 0 Å². The smallest absolute Gasteiger partial charge is 0.306 e. The summed E-state index contributed by atoms with van der Waals surface area (Å²) >= 11 is 0. The number of hydrogen-bond acceptors (Lipinski definition) is 6. The highest BCUT2D eigenvalue weighted by Crippen LogP contribution is 2.10. The summed E-state index contributed by atoms with van der Waals surface area (Å²) < 4.78 is 16.6. The van der Waals surface area contributed by atoms with Gasteiger partial charge in [0.25, 0.3) is 0 Å². The average Bonchev–Trinajstić information content (AvgIpc) is 3.19. The Hall–Kier alpha value is -3.67. The second-order valence-corrected chi connectivity index (χ2v) is 14.2. The van der Waals surface area contributed by atoms with Crippen molar-refractivity contribution in [1.29, 1.82) is 0 Å². The molecule has 0 aliphatic heterocycles. The first-order valence-electron chi connectivity index (χ1n) is 22.2. The van der Waals surface area contributed by atoms with Crippen LogP contribution < -0.4 is 0 Å². The van der Waals surface area contributed by atoms with E-state index in [1.54, 1.807) is 0 Å². The largest absolute Gasteiger partial charge is 0.462 e. The van der Waals surface area contributed by atoms with Crippen molar-refractivity contribution in [1.82, 2.24) is 0 Å². The molecule has 0 aromatic heterocycles. The van der Waals surface area contributed by atoms with Crippen LogP contribution in [0.1, 0.15) is 181 Å². The second kappa shape index (κ2) is 44.0. The summed E-state index contributed by atoms with van der Waals surface area (Å²) in [6.45, 7) is 6.30. The molecule has 0 heterocycles. The number of allylic oxidation sites excluding steroid dienone is 16. The van der Waals surface area contributed by atoms with Crippen LogP contribution in [0.15, 0.2) is 97.2 Å².